The Bertz CT molecular complexity index is 541. The van der Waals surface area contributed by atoms with Gasteiger partial charge in [-0.05, 0) is 24.6 Å². The predicted molar refractivity (Wildman–Crippen MR) is 72.7 cm³/mol. The third-order valence-corrected chi connectivity index (χ3v) is 5.07. The van der Waals surface area contributed by atoms with E-state index in [1.165, 1.54) is 16.4 Å². The van der Waals surface area contributed by atoms with Crippen molar-refractivity contribution in [3.63, 3.8) is 0 Å². The molecule has 1 saturated heterocycles. The van der Waals surface area contributed by atoms with Crippen molar-refractivity contribution in [3.05, 3.63) is 28.5 Å². The lowest BCUT2D eigenvalue weighted by atomic mass is 10.3. The standard InChI is InChI=1S/C10H12BrFN2O2S.ClH/c11-7-1-2-9(12)10(5-7)17(15,16)14-4-3-8(13)6-14;/h1-2,5,8H,3-4,6,13H2;1H. The SMILES string of the molecule is Cl.NC1CCN(S(=O)(=O)c2cc(Br)ccc2F)C1. The molecule has 2 N–H and O–H groups in total. The molecule has 102 valence electrons. The Balaban J connectivity index is 0.00000162. The molecule has 1 aliphatic rings. The lowest BCUT2D eigenvalue weighted by molar-refractivity contribution is 0.465. The number of nitrogens with two attached hydrogens (primary N) is 1. The van der Waals surface area contributed by atoms with Gasteiger partial charge in [-0.25, -0.2) is 12.8 Å². The van der Waals surface area contributed by atoms with Crippen LogP contribution in [0.15, 0.2) is 27.6 Å². The molecule has 0 aromatic heterocycles. The Labute approximate surface area is 120 Å². The van der Waals surface area contributed by atoms with Gasteiger partial charge in [-0.3, -0.25) is 0 Å². The van der Waals surface area contributed by atoms with Crippen molar-refractivity contribution in [2.45, 2.75) is 17.4 Å². The molecule has 1 aliphatic heterocycles. The van der Waals surface area contributed by atoms with Gasteiger partial charge in [0.05, 0.1) is 0 Å². The first-order valence-electron chi connectivity index (χ1n) is 5.12. The highest BCUT2D eigenvalue weighted by Gasteiger charge is 2.32. The number of rotatable bonds is 2. The van der Waals surface area contributed by atoms with Crippen molar-refractivity contribution in [2.24, 2.45) is 5.73 Å². The van der Waals surface area contributed by atoms with Crippen LogP contribution in [0.1, 0.15) is 6.42 Å². The highest BCUT2D eigenvalue weighted by Crippen LogP contribution is 2.25. The van der Waals surface area contributed by atoms with Crippen LogP contribution < -0.4 is 5.73 Å². The number of halogens is 3. The summed E-state index contributed by atoms with van der Waals surface area (Å²) in [5, 5.41) is 0. The van der Waals surface area contributed by atoms with Gasteiger partial charge in [0.2, 0.25) is 10.0 Å². The van der Waals surface area contributed by atoms with E-state index in [9.17, 15) is 12.8 Å². The Kier molecular flexibility index (Phi) is 5.13. The number of hydrogen-bond donors (Lipinski definition) is 1. The summed E-state index contributed by atoms with van der Waals surface area (Å²) in [6.45, 7) is 0.587. The maximum absolute atomic E-state index is 13.6. The van der Waals surface area contributed by atoms with Gasteiger partial charge in [-0.2, -0.15) is 4.31 Å². The van der Waals surface area contributed by atoms with Gasteiger partial charge in [-0.15, -0.1) is 12.4 Å². The van der Waals surface area contributed by atoms with Crippen LogP contribution >= 0.6 is 28.3 Å². The summed E-state index contributed by atoms with van der Waals surface area (Å²) in [6, 6.07) is 3.70. The van der Waals surface area contributed by atoms with Crippen LogP contribution in [-0.4, -0.2) is 31.9 Å². The summed E-state index contributed by atoms with van der Waals surface area (Å²) >= 11 is 3.13. The van der Waals surface area contributed by atoms with Crippen LogP contribution in [0.2, 0.25) is 0 Å². The molecule has 1 fully saturated rings. The minimum absolute atomic E-state index is 0. The summed E-state index contributed by atoms with van der Waals surface area (Å²) in [5.74, 6) is -0.742. The van der Waals surface area contributed by atoms with E-state index in [-0.39, 0.29) is 29.9 Å². The summed E-state index contributed by atoms with van der Waals surface area (Å²) in [4.78, 5) is -0.305. The zero-order chi connectivity index (χ0) is 12.6. The molecule has 1 atom stereocenters. The third kappa shape index (κ3) is 3.03. The van der Waals surface area contributed by atoms with E-state index < -0.39 is 15.8 Å². The molecule has 0 aliphatic carbocycles. The second-order valence-electron chi connectivity index (χ2n) is 3.99. The largest absolute Gasteiger partial charge is 0.326 e. The van der Waals surface area contributed by atoms with Crippen LogP contribution in [0.4, 0.5) is 4.39 Å². The van der Waals surface area contributed by atoms with Crippen LogP contribution in [0, 0.1) is 5.82 Å². The maximum atomic E-state index is 13.6. The summed E-state index contributed by atoms with van der Waals surface area (Å²) in [6.07, 6.45) is 0.606. The van der Waals surface area contributed by atoms with Gasteiger partial charge in [0.25, 0.3) is 0 Å². The average Bonchev–Trinajstić information content (AvgIpc) is 2.69. The Morgan fingerprint density at radius 2 is 2.11 bits per heavy atom. The number of benzene rings is 1. The fraction of sp³-hybridized carbons (Fsp3) is 0.400. The second kappa shape index (κ2) is 5.83. The molecule has 1 aromatic rings. The minimum Gasteiger partial charge on any atom is -0.326 e. The molecule has 1 aromatic carbocycles. The van der Waals surface area contributed by atoms with E-state index >= 15 is 0 Å². The van der Waals surface area contributed by atoms with Gasteiger partial charge < -0.3 is 5.73 Å². The first-order chi connectivity index (χ1) is 7.91. The molecule has 0 bridgehead atoms. The van der Waals surface area contributed by atoms with Crippen LogP contribution in [0.25, 0.3) is 0 Å². The molecule has 1 unspecified atom stereocenters. The quantitative estimate of drug-likeness (QED) is 0.875. The minimum atomic E-state index is -3.78. The Hall–Kier alpha value is -0.210. The van der Waals surface area contributed by atoms with E-state index in [1.807, 2.05) is 0 Å². The summed E-state index contributed by atoms with van der Waals surface area (Å²) in [5.41, 5.74) is 5.66. The summed E-state index contributed by atoms with van der Waals surface area (Å²) < 4.78 is 39.6. The first-order valence-corrected chi connectivity index (χ1v) is 7.35. The Morgan fingerprint density at radius 3 is 2.67 bits per heavy atom. The lowest BCUT2D eigenvalue weighted by Gasteiger charge is -2.16. The zero-order valence-corrected chi connectivity index (χ0v) is 12.6. The molecule has 8 heteroatoms. The molecule has 4 nitrogen and oxygen atoms in total. The average molecular weight is 360 g/mol. The Morgan fingerprint density at radius 1 is 1.44 bits per heavy atom. The topological polar surface area (TPSA) is 63.4 Å². The van der Waals surface area contributed by atoms with E-state index in [2.05, 4.69) is 15.9 Å². The van der Waals surface area contributed by atoms with Gasteiger partial charge in [0, 0.05) is 23.6 Å². The first kappa shape index (κ1) is 15.8. The fourth-order valence-electron chi connectivity index (χ4n) is 1.79. The molecule has 18 heavy (non-hydrogen) atoms. The van der Waals surface area contributed by atoms with Gasteiger partial charge in [0.15, 0.2) is 0 Å². The van der Waals surface area contributed by atoms with E-state index in [0.717, 1.165) is 6.07 Å². The van der Waals surface area contributed by atoms with Crippen molar-refractivity contribution >= 4 is 38.4 Å². The lowest BCUT2D eigenvalue weighted by Crippen LogP contribution is -2.32. The van der Waals surface area contributed by atoms with E-state index in [1.54, 1.807) is 0 Å². The predicted octanol–water partition coefficient (Wildman–Crippen LogP) is 1.73. The van der Waals surface area contributed by atoms with Crippen LogP contribution in [0.3, 0.4) is 0 Å². The fourth-order valence-corrected chi connectivity index (χ4v) is 3.90. The molecule has 0 saturated carbocycles. The van der Waals surface area contributed by atoms with Crippen molar-refractivity contribution in [2.75, 3.05) is 13.1 Å². The molecule has 0 spiro atoms. The van der Waals surface area contributed by atoms with Gasteiger partial charge in [-0.1, -0.05) is 15.9 Å². The van der Waals surface area contributed by atoms with E-state index in [0.29, 0.717) is 17.4 Å². The molecule has 0 amide bonds. The molecular formula is C10H13BrClFN2O2S. The van der Waals surface area contributed by atoms with E-state index in [4.69, 9.17) is 5.73 Å². The number of sulfonamides is 1. The smallest absolute Gasteiger partial charge is 0.246 e. The highest BCUT2D eigenvalue weighted by molar-refractivity contribution is 9.10. The molecular weight excluding hydrogens is 347 g/mol. The van der Waals surface area contributed by atoms with Crippen molar-refractivity contribution < 1.29 is 12.8 Å². The zero-order valence-electron chi connectivity index (χ0n) is 9.34. The van der Waals surface area contributed by atoms with Crippen molar-refractivity contribution in [3.8, 4) is 0 Å². The van der Waals surface area contributed by atoms with Crippen LogP contribution in [-0.2, 0) is 10.0 Å². The van der Waals surface area contributed by atoms with Crippen molar-refractivity contribution in [1.29, 1.82) is 0 Å². The molecule has 0 radical (unpaired) electrons. The van der Waals surface area contributed by atoms with Gasteiger partial charge in [0.1, 0.15) is 10.7 Å². The number of nitrogens with zero attached hydrogens (tertiary/aromatic N) is 1. The number of hydrogen-bond acceptors (Lipinski definition) is 3. The van der Waals surface area contributed by atoms with Crippen LogP contribution in [0.5, 0.6) is 0 Å². The molecule has 1 heterocycles. The highest BCUT2D eigenvalue weighted by atomic mass is 79.9. The summed E-state index contributed by atoms with van der Waals surface area (Å²) in [7, 11) is -3.78. The maximum Gasteiger partial charge on any atom is 0.246 e. The van der Waals surface area contributed by atoms with Crippen molar-refractivity contribution in [1.82, 2.24) is 4.31 Å². The normalized spacial score (nSPS) is 20.7. The monoisotopic (exact) mass is 358 g/mol. The third-order valence-electron chi connectivity index (χ3n) is 2.70. The molecule has 2 rings (SSSR count). The second-order valence-corrected chi connectivity index (χ2v) is 6.81. The van der Waals surface area contributed by atoms with Gasteiger partial charge >= 0.3 is 0 Å².